The van der Waals surface area contributed by atoms with Gasteiger partial charge in [0.2, 0.25) is 5.91 Å². The maximum Gasteiger partial charge on any atom is 0.229 e. The molecule has 2 saturated heterocycles. The van der Waals surface area contributed by atoms with Crippen molar-refractivity contribution < 1.29 is 9.53 Å². The zero-order valence-corrected chi connectivity index (χ0v) is 17.3. The maximum atomic E-state index is 12.5. The number of hydrogen-bond donors (Lipinski definition) is 1. The highest BCUT2D eigenvalue weighted by Crippen LogP contribution is 2.70. The van der Waals surface area contributed by atoms with E-state index in [0.29, 0.717) is 23.2 Å². The van der Waals surface area contributed by atoms with Crippen LogP contribution in [0.25, 0.3) is 10.8 Å². The van der Waals surface area contributed by atoms with Gasteiger partial charge in [-0.05, 0) is 85.7 Å². The summed E-state index contributed by atoms with van der Waals surface area (Å²) in [7, 11) is 0. The number of halogens is 1. The lowest BCUT2D eigenvalue weighted by Gasteiger charge is -2.41. The first-order valence-corrected chi connectivity index (χ1v) is 11.2. The molecule has 2 aromatic rings. The van der Waals surface area contributed by atoms with Gasteiger partial charge in [-0.15, -0.1) is 0 Å². The van der Waals surface area contributed by atoms with E-state index in [2.05, 4.69) is 21.3 Å². The number of ether oxygens (including phenoxy) is 1. The number of nitrogens with one attached hydrogen (secondary N) is 1. The molecule has 1 atom stereocenters. The second-order valence-corrected chi connectivity index (χ2v) is 9.81. The van der Waals surface area contributed by atoms with Crippen molar-refractivity contribution in [1.82, 2.24) is 9.88 Å². The molecule has 4 fully saturated rings. The molecule has 1 aromatic heterocycles. The van der Waals surface area contributed by atoms with E-state index in [4.69, 9.17) is 16.3 Å². The third kappa shape index (κ3) is 3.24. The van der Waals surface area contributed by atoms with Gasteiger partial charge in [0, 0.05) is 22.5 Å². The minimum absolute atomic E-state index is 0.135. The van der Waals surface area contributed by atoms with Crippen molar-refractivity contribution in [3.8, 4) is 0 Å². The number of piperidine rings is 1. The number of fused-ring (bicyclic) bond motifs is 1. The molecule has 6 heteroatoms. The van der Waals surface area contributed by atoms with Crippen LogP contribution in [0.3, 0.4) is 0 Å². The number of benzene rings is 1. The van der Waals surface area contributed by atoms with Crippen LogP contribution in [0.5, 0.6) is 0 Å². The number of likely N-dealkylation sites (tertiary alicyclic amines) is 1. The van der Waals surface area contributed by atoms with Crippen molar-refractivity contribution in [2.45, 2.75) is 44.1 Å². The van der Waals surface area contributed by atoms with Gasteiger partial charge in [-0.1, -0.05) is 11.6 Å². The summed E-state index contributed by atoms with van der Waals surface area (Å²) in [6.07, 6.45) is 7.55. The minimum atomic E-state index is 0.135. The first-order valence-electron chi connectivity index (χ1n) is 10.8. The molecule has 29 heavy (non-hydrogen) atoms. The quantitative estimate of drug-likeness (QED) is 0.819. The van der Waals surface area contributed by atoms with E-state index in [1.807, 2.05) is 18.3 Å². The van der Waals surface area contributed by atoms with Crippen LogP contribution in [0.1, 0.15) is 43.6 Å². The number of carbonyl (C=O) groups excluding carboxylic acids is 1. The van der Waals surface area contributed by atoms with Crippen molar-refractivity contribution in [3.05, 3.63) is 35.0 Å². The van der Waals surface area contributed by atoms with Crippen LogP contribution in [0.4, 0.5) is 5.82 Å². The number of aromatic nitrogens is 1. The molecule has 5 nitrogen and oxygen atoms in total. The molecule has 2 saturated carbocycles. The highest BCUT2D eigenvalue weighted by molar-refractivity contribution is 6.32. The number of amides is 1. The number of rotatable bonds is 4. The third-order valence-electron chi connectivity index (χ3n) is 7.59. The molecule has 1 N–H and O–H groups in total. The van der Waals surface area contributed by atoms with Gasteiger partial charge in [0.05, 0.1) is 19.3 Å². The van der Waals surface area contributed by atoms with Gasteiger partial charge in [-0.25, -0.2) is 4.98 Å². The average molecular weight is 412 g/mol. The SMILES string of the molecule is O=C(Nc1cc2cc(C3CCN(C4COC4)CC3)c(Cl)cc2cn1)C1CC12CC2. The second-order valence-electron chi connectivity index (χ2n) is 9.40. The lowest BCUT2D eigenvalue weighted by atomic mass is 9.87. The molecule has 1 spiro atoms. The fourth-order valence-corrected chi connectivity index (χ4v) is 5.55. The number of carbonyl (C=O) groups is 1. The van der Waals surface area contributed by atoms with Crippen molar-refractivity contribution in [2.24, 2.45) is 11.3 Å². The Morgan fingerprint density at radius 2 is 1.97 bits per heavy atom. The van der Waals surface area contributed by atoms with E-state index < -0.39 is 0 Å². The van der Waals surface area contributed by atoms with Gasteiger partial charge in [-0.3, -0.25) is 9.69 Å². The van der Waals surface area contributed by atoms with Crippen molar-refractivity contribution in [2.75, 3.05) is 31.6 Å². The second kappa shape index (κ2) is 6.66. The molecular formula is C23H26ClN3O2. The molecule has 2 aliphatic carbocycles. The minimum Gasteiger partial charge on any atom is -0.378 e. The lowest BCUT2D eigenvalue weighted by Crippen LogP contribution is -2.51. The summed E-state index contributed by atoms with van der Waals surface area (Å²) in [5.41, 5.74) is 1.59. The number of nitrogens with zero attached hydrogens (tertiary/aromatic N) is 2. The van der Waals surface area contributed by atoms with Gasteiger partial charge < -0.3 is 10.1 Å². The molecule has 4 aliphatic rings. The van der Waals surface area contributed by atoms with Crippen LogP contribution < -0.4 is 5.32 Å². The van der Waals surface area contributed by atoms with Crippen molar-refractivity contribution in [1.29, 1.82) is 0 Å². The Kier molecular flexibility index (Phi) is 4.16. The van der Waals surface area contributed by atoms with Gasteiger partial charge in [0.1, 0.15) is 5.82 Å². The molecule has 1 unspecified atom stereocenters. The Balaban J connectivity index is 1.20. The molecule has 152 valence electrons. The fourth-order valence-electron chi connectivity index (χ4n) is 5.22. The number of anilines is 1. The number of pyridine rings is 1. The molecule has 3 heterocycles. The van der Waals surface area contributed by atoms with Gasteiger partial charge in [0.25, 0.3) is 0 Å². The van der Waals surface area contributed by atoms with Crippen molar-refractivity contribution in [3.63, 3.8) is 0 Å². The van der Waals surface area contributed by atoms with E-state index in [-0.39, 0.29) is 11.8 Å². The van der Waals surface area contributed by atoms with Crippen LogP contribution in [0.2, 0.25) is 5.02 Å². The summed E-state index contributed by atoms with van der Waals surface area (Å²) >= 11 is 6.66. The first kappa shape index (κ1) is 18.1. The average Bonchev–Trinajstić information content (AvgIpc) is 3.60. The van der Waals surface area contributed by atoms with Crippen LogP contribution in [-0.4, -0.2) is 48.1 Å². The Morgan fingerprint density at radius 3 is 2.62 bits per heavy atom. The maximum absolute atomic E-state index is 12.5. The Bertz CT molecular complexity index is 977. The van der Waals surface area contributed by atoms with Gasteiger partial charge in [0.15, 0.2) is 0 Å². The molecule has 2 aliphatic heterocycles. The van der Waals surface area contributed by atoms with E-state index in [0.717, 1.165) is 61.4 Å². The largest absolute Gasteiger partial charge is 0.378 e. The summed E-state index contributed by atoms with van der Waals surface area (Å²) in [4.78, 5) is 19.5. The summed E-state index contributed by atoms with van der Waals surface area (Å²) in [5, 5.41) is 5.98. The molecule has 6 rings (SSSR count). The summed E-state index contributed by atoms with van der Waals surface area (Å²) < 4.78 is 5.34. The standard InChI is InChI=1S/C23H26ClN3O2/c24-20-8-16-11-25-21(26-22(28)19-10-23(19)3-4-23)9-15(16)7-18(20)14-1-5-27(6-2-14)17-12-29-13-17/h7-9,11,14,17,19H,1-6,10,12-13H2,(H,25,26,28). The topological polar surface area (TPSA) is 54.5 Å². The highest BCUT2D eigenvalue weighted by Gasteiger charge is 2.65. The third-order valence-corrected chi connectivity index (χ3v) is 7.92. The van der Waals surface area contributed by atoms with Crippen LogP contribution >= 0.6 is 11.6 Å². The van der Waals surface area contributed by atoms with Crippen LogP contribution in [0, 0.1) is 11.3 Å². The Hall–Kier alpha value is -1.69. The molecule has 0 bridgehead atoms. The van der Waals surface area contributed by atoms with E-state index in [1.165, 1.54) is 18.4 Å². The van der Waals surface area contributed by atoms with E-state index >= 15 is 0 Å². The Labute approximate surface area is 175 Å². The highest BCUT2D eigenvalue weighted by atomic mass is 35.5. The van der Waals surface area contributed by atoms with Crippen LogP contribution in [0.15, 0.2) is 24.4 Å². The molecule has 1 aromatic carbocycles. The van der Waals surface area contributed by atoms with E-state index in [1.54, 1.807) is 0 Å². The number of hydrogen-bond acceptors (Lipinski definition) is 4. The first-order chi connectivity index (χ1) is 14.1. The predicted molar refractivity (Wildman–Crippen MR) is 113 cm³/mol. The zero-order chi connectivity index (χ0) is 19.6. The predicted octanol–water partition coefficient (Wildman–Crippen LogP) is 4.21. The smallest absolute Gasteiger partial charge is 0.229 e. The van der Waals surface area contributed by atoms with Gasteiger partial charge >= 0.3 is 0 Å². The van der Waals surface area contributed by atoms with E-state index in [9.17, 15) is 4.79 Å². The normalized spacial score (nSPS) is 26.4. The summed E-state index contributed by atoms with van der Waals surface area (Å²) in [5.74, 6) is 1.47. The van der Waals surface area contributed by atoms with Gasteiger partial charge in [-0.2, -0.15) is 0 Å². The molecule has 1 amide bonds. The van der Waals surface area contributed by atoms with Crippen LogP contribution in [-0.2, 0) is 9.53 Å². The van der Waals surface area contributed by atoms with Crippen molar-refractivity contribution >= 4 is 34.1 Å². The monoisotopic (exact) mass is 411 g/mol. The Morgan fingerprint density at radius 1 is 1.17 bits per heavy atom. The lowest BCUT2D eigenvalue weighted by molar-refractivity contribution is -0.117. The summed E-state index contributed by atoms with van der Waals surface area (Å²) in [6, 6.07) is 6.84. The molecular weight excluding hydrogens is 386 g/mol. The molecule has 0 radical (unpaired) electrons. The fraction of sp³-hybridized carbons (Fsp3) is 0.565. The zero-order valence-electron chi connectivity index (χ0n) is 16.5. The summed E-state index contributed by atoms with van der Waals surface area (Å²) in [6.45, 7) is 3.97.